The van der Waals surface area contributed by atoms with Crippen LogP contribution in [0.4, 0.5) is 0 Å². The Labute approximate surface area is 620 Å². The summed E-state index contributed by atoms with van der Waals surface area (Å²) in [6.45, 7) is 55.6. The van der Waals surface area contributed by atoms with Crippen LogP contribution in [0.15, 0.2) is 187 Å². The molecule has 0 aliphatic heterocycles. The average molecular weight is 1380 g/mol. The standard InChI is InChI=1S/C98H102N6O/c1-91(2,3)57-28-37-75-66(47-57)67-48-58(92(4,5)6)29-38-76(67)101(75)87-74(55-99)88(102-77-39-30-59(93(7,8)9)49-68(77)69-50-60(94(10,11)12)31-40-78(69)102)90(104-81-43-34-63(97(19,20)21)53-72(81)73-54-64(98(22,23)24)35-44-82(73)104)85(56-27-36-65-84(46-56)105-83-26-25-45-100-86(65)83)89(87)103-79-41-32-61(95(13,14)15)51-70(79)71-52-62(96(16,17)18)33-42-80(71)103/h25-54H,1-24H3. The highest BCUT2D eigenvalue weighted by atomic mass is 16.3. The van der Waals surface area contributed by atoms with E-state index in [0.29, 0.717) is 16.7 Å². The van der Waals surface area contributed by atoms with Crippen molar-refractivity contribution in [2.24, 2.45) is 0 Å². The fraction of sp³-hybridized carbons (Fsp3) is 0.327. The van der Waals surface area contributed by atoms with E-state index in [1.165, 1.54) is 44.5 Å². The molecule has 0 bridgehead atoms. The lowest BCUT2D eigenvalue weighted by Gasteiger charge is -2.30. The molecule has 0 radical (unpaired) electrons. The summed E-state index contributed by atoms with van der Waals surface area (Å²) in [4.78, 5) is 5.00. The molecule has 530 valence electrons. The number of nitrogens with zero attached hydrogens (tertiary/aromatic N) is 6. The number of hydrogen-bond acceptors (Lipinski definition) is 3. The smallest absolute Gasteiger partial charge is 0.153 e. The van der Waals surface area contributed by atoms with Crippen molar-refractivity contribution < 1.29 is 4.42 Å². The van der Waals surface area contributed by atoms with E-state index in [0.717, 1.165) is 132 Å². The van der Waals surface area contributed by atoms with Crippen LogP contribution in [0.2, 0.25) is 0 Å². The predicted octanol–water partition coefficient (Wildman–Crippen LogP) is 27.3. The zero-order chi connectivity index (χ0) is 74.9. The average Bonchev–Trinajstić information content (AvgIpc) is 1.55. The highest BCUT2D eigenvalue weighted by Gasteiger charge is 2.38. The fourth-order valence-electron chi connectivity index (χ4n) is 16.5. The number of aromatic nitrogens is 5. The van der Waals surface area contributed by atoms with Crippen LogP contribution >= 0.6 is 0 Å². The minimum Gasteiger partial charge on any atom is -0.454 e. The molecule has 0 saturated heterocycles. The number of rotatable bonds is 5. The molecule has 0 aliphatic rings. The minimum atomic E-state index is -0.180. The number of pyridine rings is 1. The van der Waals surface area contributed by atoms with E-state index in [1.54, 1.807) is 0 Å². The van der Waals surface area contributed by atoms with Gasteiger partial charge in [0.25, 0.3) is 0 Å². The molecule has 10 aromatic carbocycles. The van der Waals surface area contributed by atoms with Crippen LogP contribution in [0.5, 0.6) is 0 Å². The van der Waals surface area contributed by atoms with Gasteiger partial charge < -0.3 is 22.7 Å². The van der Waals surface area contributed by atoms with Crippen LogP contribution in [0.1, 0.15) is 216 Å². The molecule has 7 nitrogen and oxygen atoms in total. The Morgan fingerprint density at radius 3 is 0.762 bits per heavy atom. The van der Waals surface area contributed by atoms with Gasteiger partial charge >= 0.3 is 0 Å². The van der Waals surface area contributed by atoms with Crippen molar-refractivity contribution >= 4 is 109 Å². The molecular weight excluding hydrogens is 1280 g/mol. The number of benzene rings is 10. The van der Waals surface area contributed by atoms with Gasteiger partial charge in [0.2, 0.25) is 0 Å². The lowest BCUT2D eigenvalue weighted by molar-refractivity contribution is 0.590. The molecule has 16 rings (SSSR count). The molecule has 0 atom stereocenters. The van der Waals surface area contributed by atoms with Crippen molar-refractivity contribution in [1.29, 1.82) is 5.26 Å². The van der Waals surface area contributed by atoms with Gasteiger partial charge in [-0.1, -0.05) is 221 Å². The first-order valence-electron chi connectivity index (χ1n) is 37.9. The van der Waals surface area contributed by atoms with Crippen LogP contribution in [0, 0.1) is 11.3 Å². The van der Waals surface area contributed by atoms with Gasteiger partial charge in [0.1, 0.15) is 22.7 Å². The van der Waals surface area contributed by atoms with Gasteiger partial charge in [-0.05, 0) is 215 Å². The normalized spacial score (nSPS) is 13.5. The Morgan fingerprint density at radius 1 is 0.276 bits per heavy atom. The van der Waals surface area contributed by atoms with Crippen LogP contribution < -0.4 is 0 Å². The molecule has 6 heterocycles. The summed E-state index contributed by atoms with van der Waals surface area (Å²) >= 11 is 0. The second-order valence-electron chi connectivity index (χ2n) is 38.6. The quantitative estimate of drug-likeness (QED) is 0.172. The van der Waals surface area contributed by atoms with Gasteiger partial charge in [0, 0.05) is 60.2 Å². The van der Waals surface area contributed by atoms with Crippen LogP contribution in [-0.2, 0) is 43.3 Å². The third-order valence-electron chi connectivity index (χ3n) is 22.9. The fourth-order valence-corrected chi connectivity index (χ4v) is 16.5. The summed E-state index contributed by atoms with van der Waals surface area (Å²) in [5.74, 6) is 0. The van der Waals surface area contributed by atoms with Gasteiger partial charge in [-0.15, -0.1) is 0 Å². The third kappa shape index (κ3) is 11.0. The van der Waals surface area contributed by atoms with Gasteiger partial charge in [-0.25, -0.2) is 0 Å². The maximum atomic E-state index is 13.9. The van der Waals surface area contributed by atoms with Crippen molar-refractivity contribution in [2.45, 2.75) is 209 Å². The Kier molecular flexibility index (Phi) is 15.1. The lowest BCUT2D eigenvalue weighted by atomic mass is 9.85. The first-order chi connectivity index (χ1) is 49.1. The molecule has 16 aromatic rings. The summed E-state index contributed by atoms with van der Waals surface area (Å²) in [6, 6.07) is 71.3. The van der Waals surface area contributed by atoms with E-state index in [2.05, 4.69) is 354 Å². The third-order valence-corrected chi connectivity index (χ3v) is 22.9. The van der Waals surface area contributed by atoms with Crippen molar-refractivity contribution in [3.8, 4) is 39.9 Å². The molecule has 0 fully saturated rings. The molecule has 0 spiro atoms. The lowest BCUT2D eigenvalue weighted by Crippen LogP contribution is -2.17. The molecule has 0 amide bonds. The van der Waals surface area contributed by atoms with Crippen LogP contribution in [-0.4, -0.2) is 23.3 Å². The first kappa shape index (κ1) is 69.2. The van der Waals surface area contributed by atoms with E-state index >= 15 is 0 Å². The maximum Gasteiger partial charge on any atom is 0.153 e. The van der Waals surface area contributed by atoms with Gasteiger partial charge in [-0.2, -0.15) is 5.26 Å². The molecule has 0 saturated carbocycles. The Morgan fingerprint density at radius 2 is 0.524 bits per heavy atom. The number of fused-ring (bicyclic) bond motifs is 15. The summed E-state index contributed by atoms with van der Waals surface area (Å²) < 4.78 is 17.3. The summed E-state index contributed by atoms with van der Waals surface area (Å²) in [7, 11) is 0. The second kappa shape index (κ2) is 22.9. The zero-order valence-corrected chi connectivity index (χ0v) is 66.4. The van der Waals surface area contributed by atoms with Crippen molar-refractivity contribution in [3.63, 3.8) is 0 Å². The van der Waals surface area contributed by atoms with Gasteiger partial charge in [-0.3, -0.25) is 4.98 Å². The Hall–Kier alpha value is -10.2. The van der Waals surface area contributed by atoms with Crippen LogP contribution in [0.25, 0.3) is 143 Å². The molecule has 105 heavy (non-hydrogen) atoms. The molecule has 6 aromatic heterocycles. The Balaban J connectivity index is 1.28. The second-order valence-corrected chi connectivity index (χ2v) is 38.6. The number of furan rings is 1. The Bertz CT molecular complexity index is 5800. The minimum absolute atomic E-state index is 0.180. The summed E-state index contributed by atoms with van der Waals surface area (Å²) in [5.41, 5.74) is 24.5. The molecule has 0 aliphatic carbocycles. The SMILES string of the molecule is CC(C)(C)c1ccc2c(c1)c1cc(C(C)(C)C)ccc1n2-c1c(C#N)c(-n2c3ccc(C(C)(C)C)cc3c3cc(C(C)(C)C)ccc32)c(-n2c3ccc(C(C)(C)C)cc3c3cc(C(C)(C)C)ccc32)c(-c2ccc3c(c2)oc2cccnc23)c1-n1c2ccc(C(C)(C)C)cc2c2cc(C(C)(C)C)ccc21. The van der Waals surface area contributed by atoms with E-state index in [1.807, 2.05) is 18.3 Å². The predicted molar refractivity (Wildman–Crippen MR) is 449 cm³/mol. The molecule has 7 heteroatoms. The maximum absolute atomic E-state index is 13.9. The zero-order valence-electron chi connectivity index (χ0n) is 66.4. The summed E-state index contributed by atoms with van der Waals surface area (Å²) in [5, 5.41) is 23.9. The summed E-state index contributed by atoms with van der Waals surface area (Å²) in [6.07, 6.45) is 1.86. The molecular formula is C98H102N6O. The number of hydrogen-bond donors (Lipinski definition) is 0. The van der Waals surface area contributed by atoms with Crippen molar-refractivity contribution in [3.05, 3.63) is 232 Å². The monoisotopic (exact) mass is 1380 g/mol. The van der Waals surface area contributed by atoms with E-state index < -0.39 is 0 Å². The van der Waals surface area contributed by atoms with E-state index in [9.17, 15) is 5.26 Å². The van der Waals surface area contributed by atoms with E-state index in [-0.39, 0.29) is 43.3 Å². The number of nitriles is 1. The largest absolute Gasteiger partial charge is 0.454 e. The highest BCUT2D eigenvalue weighted by molar-refractivity contribution is 6.18. The topological polar surface area (TPSA) is 69.5 Å². The van der Waals surface area contributed by atoms with Crippen LogP contribution in [0.3, 0.4) is 0 Å². The molecule has 0 N–H and O–H groups in total. The van der Waals surface area contributed by atoms with Gasteiger partial charge in [0.05, 0.1) is 66.9 Å². The van der Waals surface area contributed by atoms with Gasteiger partial charge in [0.15, 0.2) is 5.58 Å². The first-order valence-corrected chi connectivity index (χ1v) is 37.9. The van der Waals surface area contributed by atoms with Crippen molar-refractivity contribution in [1.82, 2.24) is 23.3 Å². The highest BCUT2D eigenvalue weighted by Crippen LogP contribution is 2.54. The van der Waals surface area contributed by atoms with E-state index in [4.69, 9.17) is 9.40 Å². The van der Waals surface area contributed by atoms with Crippen molar-refractivity contribution in [2.75, 3.05) is 0 Å². The molecule has 0 unspecified atom stereocenters.